The minimum atomic E-state index is -0.258. The molecule has 2 aromatic carbocycles. The predicted octanol–water partition coefficient (Wildman–Crippen LogP) is 5.50. The van der Waals surface area contributed by atoms with E-state index in [1.165, 1.54) is 17.5 Å². The zero-order valence-electron chi connectivity index (χ0n) is 17.1. The minimum absolute atomic E-state index is 0.0609. The zero-order chi connectivity index (χ0) is 21.1. The topological polar surface area (TPSA) is 64.0 Å². The largest absolute Gasteiger partial charge is 0.280 e. The molecule has 6 heteroatoms. The zero-order valence-corrected chi connectivity index (χ0v) is 18.7. The minimum Gasteiger partial charge on any atom is -0.273 e. The molecule has 1 fully saturated rings. The number of rotatable bonds is 5. The number of nitrogens with zero attached hydrogens (tertiary/aromatic N) is 2. The lowest BCUT2D eigenvalue weighted by Gasteiger charge is -2.28. The molecule has 156 valence electrons. The molecule has 5 nitrogen and oxygen atoms in total. The van der Waals surface area contributed by atoms with Gasteiger partial charge in [-0.05, 0) is 55.9 Å². The van der Waals surface area contributed by atoms with Crippen LogP contribution in [-0.4, -0.2) is 15.6 Å². The third kappa shape index (κ3) is 4.33. The van der Waals surface area contributed by atoms with Gasteiger partial charge in [0.2, 0.25) is 5.91 Å². The monoisotopic (exact) mass is 467 g/mol. The first-order valence-corrected chi connectivity index (χ1v) is 11.4. The van der Waals surface area contributed by atoms with Crippen LogP contribution < -0.4 is 11.0 Å². The van der Waals surface area contributed by atoms with Crippen molar-refractivity contribution in [2.75, 3.05) is 5.43 Å². The lowest BCUT2D eigenvalue weighted by atomic mass is 9.80. The molecule has 1 N–H and O–H groups in total. The van der Waals surface area contributed by atoms with Crippen LogP contribution in [0.15, 0.2) is 57.8 Å². The van der Waals surface area contributed by atoms with E-state index in [0.717, 1.165) is 41.6 Å². The first kappa shape index (κ1) is 20.8. The van der Waals surface area contributed by atoms with Crippen LogP contribution in [0, 0.1) is 11.8 Å². The number of benzene rings is 2. The fourth-order valence-corrected chi connectivity index (χ4v) is 4.62. The average Bonchev–Trinajstić information content (AvgIpc) is 2.77. The van der Waals surface area contributed by atoms with Crippen molar-refractivity contribution >= 4 is 32.7 Å². The first-order valence-electron chi connectivity index (χ1n) is 10.7. The average molecular weight is 468 g/mol. The second-order valence-electron chi connectivity index (χ2n) is 8.08. The maximum Gasteiger partial charge on any atom is 0.280 e. The summed E-state index contributed by atoms with van der Waals surface area (Å²) in [7, 11) is 0. The van der Waals surface area contributed by atoms with E-state index in [1.54, 1.807) is 6.07 Å². The number of fused-ring (bicyclic) bond motifs is 1. The Hall–Kier alpha value is -2.47. The summed E-state index contributed by atoms with van der Waals surface area (Å²) in [5.74, 6) is 1.01. The molecule has 0 spiro atoms. The van der Waals surface area contributed by atoms with E-state index in [4.69, 9.17) is 4.98 Å². The van der Waals surface area contributed by atoms with Crippen molar-refractivity contribution in [3.05, 3.63) is 63.4 Å². The van der Waals surface area contributed by atoms with Crippen LogP contribution in [0.4, 0.5) is 0 Å². The van der Waals surface area contributed by atoms with E-state index in [0.29, 0.717) is 16.7 Å². The summed E-state index contributed by atoms with van der Waals surface area (Å²) in [5.41, 5.74) is 4.02. The summed E-state index contributed by atoms with van der Waals surface area (Å²) in [4.78, 5) is 31.0. The predicted molar refractivity (Wildman–Crippen MR) is 124 cm³/mol. The Bertz CT molecular complexity index is 1100. The van der Waals surface area contributed by atoms with Gasteiger partial charge in [-0.1, -0.05) is 60.0 Å². The van der Waals surface area contributed by atoms with Crippen molar-refractivity contribution in [3.8, 4) is 11.4 Å². The van der Waals surface area contributed by atoms with E-state index in [2.05, 4.69) is 28.3 Å². The van der Waals surface area contributed by atoms with Crippen LogP contribution in [0.5, 0.6) is 0 Å². The Balaban J connectivity index is 1.68. The maximum absolute atomic E-state index is 13.2. The fraction of sp³-hybridized carbons (Fsp3) is 0.375. The van der Waals surface area contributed by atoms with Gasteiger partial charge in [0.25, 0.3) is 5.56 Å². The first-order chi connectivity index (χ1) is 14.6. The quantitative estimate of drug-likeness (QED) is 0.538. The molecule has 1 amide bonds. The Morgan fingerprint density at radius 1 is 1.10 bits per heavy atom. The molecule has 0 saturated heterocycles. The van der Waals surface area contributed by atoms with E-state index in [1.807, 2.05) is 42.5 Å². The second-order valence-corrected chi connectivity index (χ2v) is 9.00. The molecule has 1 aliphatic carbocycles. The molecule has 0 aliphatic heterocycles. The van der Waals surface area contributed by atoms with Gasteiger partial charge in [-0.15, -0.1) is 0 Å². The van der Waals surface area contributed by atoms with Crippen molar-refractivity contribution < 1.29 is 4.79 Å². The van der Waals surface area contributed by atoms with Crippen LogP contribution in [0.25, 0.3) is 22.3 Å². The summed E-state index contributed by atoms with van der Waals surface area (Å²) in [5, 5.41) is 0.491. The Labute approximate surface area is 184 Å². The third-order valence-corrected chi connectivity index (χ3v) is 6.54. The molecular formula is C24H26BrN3O2. The number of hydrogen-bond acceptors (Lipinski definition) is 3. The molecule has 0 unspecified atom stereocenters. The van der Waals surface area contributed by atoms with Crippen LogP contribution in [-0.2, 0) is 4.79 Å². The van der Waals surface area contributed by atoms with Gasteiger partial charge in [0.1, 0.15) is 0 Å². The number of carbonyl (C=O) groups is 1. The van der Waals surface area contributed by atoms with Gasteiger partial charge in [-0.2, -0.15) is 4.68 Å². The van der Waals surface area contributed by atoms with Crippen molar-refractivity contribution in [2.45, 2.75) is 45.4 Å². The smallest absolute Gasteiger partial charge is 0.273 e. The number of nitrogens with one attached hydrogen (secondary N) is 1. The highest BCUT2D eigenvalue weighted by molar-refractivity contribution is 9.10. The molecule has 3 aromatic rings. The highest BCUT2D eigenvalue weighted by atomic mass is 79.9. The van der Waals surface area contributed by atoms with Crippen molar-refractivity contribution in [2.24, 2.45) is 11.8 Å². The maximum atomic E-state index is 13.2. The summed E-state index contributed by atoms with van der Waals surface area (Å²) in [6.45, 7) is 2.21. The van der Waals surface area contributed by atoms with E-state index < -0.39 is 0 Å². The lowest BCUT2D eigenvalue weighted by molar-refractivity contribution is -0.122. The highest BCUT2D eigenvalue weighted by Gasteiger charge is 2.27. The van der Waals surface area contributed by atoms with E-state index in [9.17, 15) is 9.59 Å². The summed E-state index contributed by atoms with van der Waals surface area (Å²) in [6, 6.07) is 14.8. The SMILES string of the molecule is CCCC1CCC(C(=O)Nn2c(-c3ccc(Br)cc3)nc3ccccc3c2=O)CC1. The van der Waals surface area contributed by atoms with Crippen LogP contribution in [0.1, 0.15) is 45.4 Å². The molecule has 1 aliphatic rings. The molecule has 0 atom stereocenters. The Kier molecular flexibility index (Phi) is 6.32. The van der Waals surface area contributed by atoms with Crippen LogP contribution in [0.2, 0.25) is 0 Å². The number of para-hydroxylation sites is 1. The van der Waals surface area contributed by atoms with E-state index in [-0.39, 0.29) is 17.4 Å². The van der Waals surface area contributed by atoms with Crippen molar-refractivity contribution in [3.63, 3.8) is 0 Å². The number of aromatic nitrogens is 2. The van der Waals surface area contributed by atoms with E-state index >= 15 is 0 Å². The number of amides is 1. The molecule has 30 heavy (non-hydrogen) atoms. The number of halogens is 1. The van der Waals surface area contributed by atoms with Crippen LogP contribution >= 0.6 is 15.9 Å². The number of carbonyl (C=O) groups excluding carboxylic acids is 1. The summed E-state index contributed by atoms with van der Waals surface area (Å²) >= 11 is 3.44. The Morgan fingerprint density at radius 3 is 2.50 bits per heavy atom. The summed E-state index contributed by atoms with van der Waals surface area (Å²) in [6.07, 6.45) is 6.33. The second kappa shape index (κ2) is 9.13. The lowest BCUT2D eigenvalue weighted by Crippen LogP contribution is -2.39. The summed E-state index contributed by atoms with van der Waals surface area (Å²) < 4.78 is 2.26. The van der Waals surface area contributed by atoms with Gasteiger partial charge in [-0.25, -0.2) is 4.98 Å². The van der Waals surface area contributed by atoms with Crippen molar-refractivity contribution in [1.82, 2.24) is 9.66 Å². The van der Waals surface area contributed by atoms with Crippen molar-refractivity contribution in [1.29, 1.82) is 0 Å². The molecule has 1 saturated carbocycles. The molecule has 1 aromatic heterocycles. The molecular weight excluding hydrogens is 442 g/mol. The van der Waals surface area contributed by atoms with Crippen LogP contribution in [0.3, 0.4) is 0 Å². The Morgan fingerprint density at radius 2 is 1.80 bits per heavy atom. The molecule has 4 rings (SSSR count). The van der Waals surface area contributed by atoms with Gasteiger partial charge in [0.15, 0.2) is 5.82 Å². The molecule has 0 bridgehead atoms. The normalized spacial score (nSPS) is 19.0. The van der Waals surface area contributed by atoms with Gasteiger partial charge < -0.3 is 0 Å². The fourth-order valence-electron chi connectivity index (χ4n) is 4.35. The standard InChI is InChI=1S/C24H26BrN3O2/c1-2-5-16-8-10-18(11-9-16)23(29)27-28-22(17-12-14-19(25)15-13-17)26-21-7-4-3-6-20(21)24(28)30/h3-4,6-7,12-16,18H,2,5,8-11H2,1H3,(H,27,29). The third-order valence-electron chi connectivity index (χ3n) is 6.01. The highest BCUT2D eigenvalue weighted by Crippen LogP contribution is 2.32. The molecule has 1 heterocycles. The van der Waals surface area contributed by atoms with Gasteiger partial charge in [0, 0.05) is 16.0 Å². The van der Waals surface area contributed by atoms with Gasteiger partial charge >= 0.3 is 0 Å². The molecule has 0 radical (unpaired) electrons. The van der Waals surface area contributed by atoms with Gasteiger partial charge in [0.05, 0.1) is 10.9 Å². The van der Waals surface area contributed by atoms with Gasteiger partial charge in [-0.3, -0.25) is 15.0 Å². The number of hydrogen-bond donors (Lipinski definition) is 1.